The van der Waals surface area contributed by atoms with E-state index in [1.807, 2.05) is 26.8 Å². The van der Waals surface area contributed by atoms with Crippen LogP contribution in [0.1, 0.15) is 47.0 Å². The van der Waals surface area contributed by atoms with Gasteiger partial charge in [-0.3, -0.25) is 4.79 Å². The van der Waals surface area contributed by atoms with Crippen LogP contribution in [0.3, 0.4) is 0 Å². The lowest BCUT2D eigenvalue weighted by Crippen LogP contribution is -2.55. The lowest BCUT2D eigenvalue weighted by molar-refractivity contribution is -0.159. The second-order valence-corrected chi connectivity index (χ2v) is 6.87. The second kappa shape index (κ2) is 5.91. The molecular weight excluding hydrogens is 268 g/mol. The quantitative estimate of drug-likeness (QED) is 0.493. The van der Waals surface area contributed by atoms with E-state index in [2.05, 4.69) is 0 Å². The number of ether oxygens (including phenoxy) is 1. The highest BCUT2D eigenvalue weighted by Crippen LogP contribution is 2.50. The van der Waals surface area contributed by atoms with Crippen molar-refractivity contribution in [3.05, 3.63) is 11.6 Å². The Labute approximate surface area is 126 Å². The Morgan fingerprint density at radius 2 is 2.19 bits per heavy atom. The lowest BCUT2D eigenvalue weighted by atomic mass is 9.57. The normalized spacial score (nSPS) is 40.7. The van der Waals surface area contributed by atoms with Crippen LogP contribution in [0, 0.1) is 23.7 Å². The van der Waals surface area contributed by atoms with Gasteiger partial charge < -0.3 is 14.6 Å². The van der Waals surface area contributed by atoms with Crippen LogP contribution < -0.4 is 0 Å². The molecule has 6 atom stereocenters. The zero-order valence-corrected chi connectivity index (χ0v) is 13.3. The van der Waals surface area contributed by atoms with Gasteiger partial charge in [0.2, 0.25) is 0 Å². The standard InChI is InChI=1S/C17H26O4/c1-10-7-15-14(11(2)9-18)6-5-12(3)17(15,20)8-16(10)21-13(4)19/h7,9,11-12,14-16,20H,5-6,8H2,1-4H3/t11?,12-,14+,15-,16-,17-/m1/s1. The fourth-order valence-electron chi connectivity index (χ4n) is 4.05. The minimum absolute atomic E-state index is 0.0340. The van der Waals surface area contributed by atoms with Crippen LogP contribution in [0.2, 0.25) is 0 Å². The largest absolute Gasteiger partial charge is 0.458 e. The third kappa shape index (κ3) is 2.91. The molecule has 0 bridgehead atoms. The molecule has 0 aromatic heterocycles. The topological polar surface area (TPSA) is 63.6 Å². The van der Waals surface area contributed by atoms with Crippen LogP contribution in [-0.2, 0) is 14.3 Å². The van der Waals surface area contributed by atoms with Crippen molar-refractivity contribution in [2.45, 2.75) is 58.7 Å². The van der Waals surface area contributed by atoms with E-state index in [1.165, 1.54) is 6.92 Å². The summed E-state index contributed by atoms with van der Waals surface area (Å²) in [7, 11) is 0. The third-order valence-corrected chi connectivity index (χ3v) is 5.49. The fraction of sp³-hybridized carbons (Fsp3) is 0.765. The van der Waals surface area contributed by atoms with Gasteiger partial charge in [0, 0.05) is 25.2 Å². The number of aliphatic hydroxyl groups is 1. The highest BCUT2D eigenvalue weighted by atomic mass is 16.5. The van der Waals surface area contributed by atoms with Gasteiger partial charge in [0.1, 0.15) is 12.4 Å². The predicted molar refractivity (Wildman–Crippen MR) is 79.5 cm³/mol. The molecule has 0 spiro atoms. The maximum Gasteiger partial charge on any atom is 0.303 e. The highest BCUT2D eigenvalue weighted by Gasteiger charge is 2.52. The molecule has 0 heterocycles. The molecule has 1 N–H and O–H groups in total. The average molecular weight is 294 g/mol. The van der Waals surface area contributed by atoms with Crippen LogP contribution in [0.5, 0.6) is 0 Å². The lowest BCUT2D eigenvalue weighted by Gasteiger charge is -2.52. The minimum atomic E-state index is -0.889. The molecule has 4 heteroatoms. The molecule has 0 saturated heterocycles. The molecule has 0 radical (unpaired) electrons. The molecule has 1 unspecified atom stereocenters. The van der Waals surface area contributed by atoms with Gasteiger partial charge in [-0.15, -0.1) is 0 Å². The van der Waals surface area contributed by atoms with Crippen molar-refractivity contribution in [2.75, 3.05) is 0 Å². The van der Waals surface area contributed by atoms with Gasteiger partial charge in [0.15, 0.2) is 0 Å². The minimum Gasteiger partial charge on any atom is -0.458 e. The maximum atomic E-state index is 11.2. The third-order valence-electron chi connectivity index (χ3n) is 5.49. The first-order chi connectivity index (χ1) is 9.79. The summed E-state index contributed by atoms with van der Waals surface area (Å²) in [5.41, 5.74) is 0.0943. The summed E-state index contributed by atoms with van der Waals surface area (Å²) >= 11 is 0. The first kappa shape index (κ1) is 16.2. The van der Waals surface area contributed by atoms with Gasteiger partial charge in [-0.05, 0) is 37.2 Å². The number of hydrogen-bond acceptors (Lipinski definition) is 4. The summed E-state index contributed by atoms with van der Waals surface area (Å²) in [5.74, 6) is -0.121. The molecule has 1 saturated carbocycles. The first-order valence-corrected chi connectivity index (χ1v) is 7.82. The van der Waals surface area contributed by atoms with Gasteiger partial charge in [0.25, 0.3) is 0 Å². The van der Waals surface area contributed by atoms with Crippen LogP contribution in [0.4, 0.5) is 0 Å². The molecule has 118 valence electrons. The molecule has 0 amide bonds. The van der Waals surface area contributed by atoms with Crippen molar-refractivity contribution in [3.63, 3.8) is 0 Å². The van der Waals surface area contributed by atoms with Crippen molar-refractivity contribution in [3.8, 4) is 0 Å². The van der Waals surface area contributed by atoms with E-state index in [0.717, 1.165) is 24.7 Å². The van der Waals surface area contributed by atoms with Crippen LogP contribution in [-0.4, -0.2) is 29.1 Å². The number of esters is 1. The van der Waals surface area contributed by atoms with E-state index < -0.39 is 5.60 Å². The molecule has 2 aliphatic rings. The molecule has 0 aromatic rings. The molecule has 2 rings (SSSR count). The van der Waals surface area contributed by atoms with Crippen molar-refractivity contribution in [1.29, 1.82) is 0 Å². The molecular formula is C17H26O4. The van der Waals surface area contributed by atoms with E-state index in [4.69, 9.17) is 4.74 Å². The molecule has 0 aromatic carbocycles. The van der Waals surface area contributed by atoms with Crippen LogP contribution in [0.25, 0.3) is 0 Å². The Hall–Kier alpha value is -1.16. The van der Waals surface area contributed by atoms with E-state index in [0.29, 0.717) is 6.42 Å². The number of carbonyl (C=O) groups excluding carboxylic acids is 2. The second-order valence-electron chi connectivity index (χ2n) is 6.87. The van der Waals surface area contributed by atoms with E-state index >= 15 is 0 Å². The maximum absolute atomic E-state index is 11.2. The summed E-state index contributed by atoms with van der Waals surface area (Å²) < 4.78 is 5.35. The van der Waals surface area contributed by atoms with E-state index in [1.54, 1.807) is 0 Å². The molecule has 21 heavy (non-hydrogen) atoms. The van der Waals surface area contributed by atoms with Crippen molar-refractivity contribution in [2.24, 2.45) is 23.7 Å². The zero-order chi connectivity index (χ0) is 15.8. The van der Waals surface area contributed by atoms with E-state index in [9.17, 15) is 14.7 Å². The number of carbonyl (C=O) groups is 2. The monoisotopic (exact) mass is 294 g/mol. The van der Waals surface area contributed by atoms with Gasteiger partial charge in [0.05, 0.1) is 5.60 Å². The van der Waals surface area contributed by atoms with Gasteiger partial charge in [-0.2, -0.15) is 0 Å². The summed E-state index contributed by atoms with van der Waals surface area (Å²) in [6.45, 7) is 7.31. The van der Waals surface area contributed by atoms with Gasteiger partial charge in [-0.25, -0.2) is 0 Å². The first-order valence-electron chi connectivity index (χ1n) is 7.82. The molecule has 1 fully saturated rings. The average Bonchev–Trinajstić information content (AvgIpc) is 2.41. The van der Waals surface area contributed by atoms with Gasteiger partial charge >= 0.3 is 5.97 Å². The zero-order valence-electron chi connectivity index (χ0n) is 13.3. The summed E-state index contributed by atoms with van der Waals surface area (Å²) in [6, 6.07) is 0. The Balaban J connectivity index is 2.35. The van der Waals surface area contributed by atoms with Crippen molar-refractivity contribution >= 4 is 12.3 Å². The Morgan fingerprint density at radius 3 is 2.76 bits per heavy atom. The number of fused-ring (bicyclic) bond motifs is 1. The number of rotatable bonds is 3. The Kier molecular flexibility index (Phi) is 4.57. The predicted octanol–water partition coefficient (Wildman–Crippen LogP) is 2.50. The summed E-state index contributed by atoms with van der Waals surface area (Å²) in [6.07, 6.45) is 4.96. The van der Waals surface area contributed by atoms with E-state index in [-0.39, 0.29) is 35.7 Å². The SMILES string of the molecule is CC(=O)O[C@@H]1C[C@@]2(O)[C@H](C)CC[C@@H](C(C)C=O)[C@H]2C=C1C. The van der Waals surface area contributed by atoms with Crippen LogP contribution in [0.15, 0.2) is 11.6 Å². The summed E-state index contributed by atoms with van der Waals surface area (Å²) in [5, 5.41) is 11.2. The molecule has 2 aliphatic carbocycles. The van der Waals surface area contributed by atoms with Crippen molar-refractivity contribution in [1.82, 2.24) is 0 Å². The smallest absolute Gasteiger partial charge is 0.303 e. The van der Waals surface area contributed by atoms with Crippen molar-refractivity contribution < 1.29 is 19.4 Å². The van der Waals surface area contributed by atoms with Gasteiger partial charge in [-0.1, -0.05) is 19.9 Å². The Morgan fingerprint density at radius 1 is 1.52 bits per heavy atom. The highest BCUT2D eigenvalue weighted by molar-refractivity contribution is 5.66. The molecule has 0 aliphatic heterocycles. The number of aldehydes is 1. The summed E-state index contributed by atoms with van der Waals surface area (Å²) in [4.78, 5) is 22.4. The Bertz CT molecular complexity index is 456. The fourth-order valence-corrected chi connectivity index (χ4v) is 4.05. The number of hydrogen-bond donors (Lipinski definition) is 1. The molecule has 4 nitrogen and oxygen atoms in total. The van der Waals surface area contributed by atoms with Crippen LogP contribution >= 0.6 is 0 Å².